The minimum absolute atomic E-state index is 0.0734. The first-order chi connectivity index (χ1) is 28.0. The third kappa shape index (κ3) is 28.6. The minimum atomic E-state index is -5.01. The number of aliphatic hydroxyl groups is 5. The topological polar surface area (TPSA) is 192 Å². The standard InChI is InChI=1S/C45H87O12P/c1-3-5-7-9-11-13-15-17-18-19-20-21-23-25-27-29-31-33-35-54-36-38(37-55-58(52,53)57-45-43(50)41(48)40(47)42(49)44(45)51)56-39(46)34-32-30-28-26-24-22-16-14-12-10-8-6-4-2/h17-18,38,40-45,47-51H,3-16,19-37H2,1-2H3,(H,52,53)/b18-17-. The normalized spacial score (nSPS) is 22.7. The summed E-state index contributed by atoms with van der Waals surface area (Å²) in [5, 5.41) is 50.2. The fourth-order valence-corrected chi connectivity index (χ4v) is 8.32. The number of aliphatic hydroxyl groups excluding tert-OH is 5. The molecule has 1 saturated carbocycles. The van der Waals surface area contributed by atoms with Gasteiger partial charge >= 0.3 is 13.8 Å². The molecule has 13 heteroatoms. The Bertz CT molecular complexity index is 1020. The lowest BCUT2D eigenvalue weighted by molar-refractivity contribution is -0.220. The van der Waals surface area contributed by atoms with Gasteiger partial charge in [0.05, 0.1) is 13.2 Å². The van der Waals surface area contributed by atoms with Crippen LogP contribution in [0.3, 0.4) is 0 Å². The van der Waals surface area contributed by atoms with E-state index >= 15 is 0 Å². The van der Waals surface area contributed by atoms with Gasteiger partial charge in [0.25, 0.3) is 0 Å². The molecule has 1 aliphatic rings. The van der Waals surface area contributed by atoms with Crippen LogP contribution in [0.2, 0.25) is 0 Å². The Morgan fingerprint density at radius 3 is 1.36 bits per heavy atom. The van der Waals surface area contributed by atoms with Crippen LogP contribution in [0.25, 0.3) is 0 Å². The summed E-state index contributed by atoms with van der Waals surface area (Å²) in [6.07, 6.45) is 27.1. The first kappa shape index (κ1) is 55.1. The number of esters is 1. The number of carbonyl (C=O) groups is 1. The molecule has 0 saturated heterocycles. The lowest BCUT2D eigenvalue weighted by atomic mass is 9.85. The van der Waals surface area contributed by atoms with Gasteiger partial charge in [-0.1, -0.05) is 174 Å². The Kier molecular flexibility index (Phi) is 34.9. The van der Waals surface area contributed by atoms with Gasteiger partial charge in [0.1, 0.15) is 42.7 Å². The van der Waals surface area contributed by atoms with Crippen molar-refractivity contribution in [1.82, 2.24) is 0 Å². The molecule has 6 atom stereocenters. The van der Waals surface area contributed by atoms with E-state index in [2.05, 4.69) is 26.0 Å². The van der Waals surface area contributed by atoms with Crippen LogP contribution in [0.1, 0.15) is 206 Å². The molecule has 0 aromatic rings. The van der Waals surface area contributed by atoms with E-state index in [1.54, 1.807) is 0 Å². The Morgan fingerprint density at radius 1 is 0.534 bits per heavy atom. The van der Waals surface area contributed by atoms with Crippen LogP contribution in [-0.4, -0.2) is 98.9 Å². The molecule has 12 nitrogen and oxygen atoms in total. The predicted octanol–water partition coefficient (Wildman–Crippen LogP) is 9.53. The van der Waals surface area contributed by atoms with Crippen molar-refractivity contribution in [2.75, 3.05) is 19.8 Å². The maximum Gasteiger partial charge on any atom is 0.472 e. The zero-order valence-electron chi connectivity index (χ0n) is 36.6. The Hall–Kier alpha value is -0.920. The molecule has 1 fully saturated rings. The molecular formula is C45H87O12P. The predicted molar refractivity (Wildman–Crippen MR) is 230 cm³/mol. The third-order valence-corrected chi connectivity index (χ3v) is 12.1. The number of hydrogen-bond donors (Lipinski definition) is 6. The lowest BCUT2D eigenvalue weighted by Crippen LogP contribution is -2.64. The van der Waals surface area contributed by atoms with E-state index in [0.717, 1.165) is 38.5 Å². The average Bonchev–Trinajstić information content (AvgIpc) is 3.21. The van der Waals surface area contributed by atoms with E-state index in [1.807, 2.05) is 0 Å². The summed E-state index contributed by atoms with van der Waals surface area (Å²) >= 11 is 0. The maximum absolute atomic E-state index is 12.8. The first-order valence-electron chi connectivity index (χ1n) is 23.5. The number of ether oxygens (including phenoxy) is 2. The van der Waals surface area contributed by atoms with Gasteiger partial charge < -0.3 is 39.9 Å². The van der Waals surface area contributed by atoms with Crippen molar-refractivity contribution < 1.29 is 58.3 Å². The van der Waals surface area contributed by atoms with Crippen LogP contribution >= 0.6 is 7.82 Å². The van der Waals surface area contributed by atoms with E-state index in [4.69, 9.17) is 18.5 Å². The van der Waals surface area contributed by atoms with Crippen molar-refractivity contribution in [2.45, 2.75) is 249 Å². The number of rotatable bonds is 40. The second-order valence-electron chi connectivity index (χ2n) is 16.6. The zero-order valence-corrected chi connectivity index (χ0v) is 37.5. The van der Waals surface area contributed by atoms with Crippen molar-refractivity contribution in [2.24, 2.45) is 0 Å². The first-order valence-corrected chi connectivity index (χ1v) is 25.0. The zero-order chi connectivity index (χ0) is 42.7. The second kappa shape index (κ2) is 36.7. The highest BCUT2D eigenvalue weighted by Crippen LogP contribution is 2.47. The van der Waals surface area contributed by atoms with Gasteiger partial charge in [-0.05, 0) is 38.5 Å². The summed E-state index contributed by atoms with van der Waals surface area (Å²) < 4.78 is 34.2. The summed E-state index contributed by atoms with van der Waals surface area (Å²) in [7, 11) is -5.01. The molecule has 0 aromatic heterocycles. The van der Waals surface area contributed by atoms with Gasteiger partial charge in [-0.25, -0.2) is 4.57 Å². The van der Waals surface area contributed by atoms with E-state index < -0.39 is 63.1 Å². The van der Waals surface area contributed by atoms with Crippen LogP contribution in [0.5, 0.6) is 0 Å². The number of phosphoric ester groups is 1. The van der Waals surface area contributed by atoms with Crippen molar-refractivity contribution in [3.63, 3.8) is 0 Å². The fraction of sp³-hybridized carbons (Fsp3) is 0.933. The van der Waals surface area contributed by atoms with Crippen molar-refractivity contribution >= 4 is 13.8 Å². The molecule has 344 valence electrons. The molecule has 0 bridgehead atoms. The summed E-state index contributed by atoms with van der Waals surface area (Å²) in [5.41, 5.74) is 0. The van der Waals surface area contributed by atoms with E-state index in [0.29, 0.717) is 13.0 Å². The van der Waals surface area contributed by atoms with Crippen LogP contribution in [0, 0.1) is 0 Å². The number of hydrogen-bond acceptors (Lipinski definition) is 11. The van der Waals surface area contributed by atoms with Gasteiger partial charge in [0.2, 0.25) is 0 Å². The molecule has 0 amide bonds. The fourth-order valence-electron chi connectivity index (χ4n) is 7.35. The monoisotopic (exact) mass is 851 g/mol. The summed E-state index contributed by atoms with van der Waals surface area (Å²) in [5.74, 6) is -0.475. The summed E-state index contributed by atoms with van der Waals surface area (Å²) in [6.45, 7) is 4.26. The van der Waals surface area contributed by atoms with Crippen molar-refractivity contribution in [3.05, 3.63) is 12.2 Å². The van der Waals surface area contributed by atoms with E-state index in [-0.39, 0.29) is 13.0 Å². The molecule has 58 heavy (non-hydrogen) atoms. The number of unbranched alkanes of at least 4 members (excludes halogenated alkanes) is 26. The molecule has 6 N–H and O–H groups in total. The number of allylic oxidation sites excluding steroid dienone is 2. The minimum Gasteiger partial charge on any atom is -0.457 e. The molecule has 0 spiro atoms. The van der Waals surface area contributed by atoms with Crippen molar-refractivity contribution in [1.29, 1.82) is 0 Å². The number of carbonyl (C=O) groups excluding carboxylic acids is 1. The van der Waals surface area contributed by atoms with Gasteiger partial charge in [-0.15, -0.1) is 0 Å². The van der Waals surface area contributed by atoms with E-state index in [9.17, 15) is 39.8 Å². The second-order valence-corrected chi connectivity index (χ2v) is 18.0. The van der Waals surface area contributed by atoms with Gasteiger partial charge in [0, 0.05) is 13.0 Å². The molecule has 6 unspecified atom stereocenters. The van der Waals surface area contributed by atoms with Crippen LogP contribution in [0.15, 0.2) is 12.2 Å². The SMILES string of the molecule is CCCCCCCC/C=C\CCCCCCCCCCOCC(COP(=O)(O)OC1C(O)C(O)C(O)C(O)C1O)OC(=O)CCCCCCCCCCCCCCC. The maximum atomic E-state index is 12.8. The molecule has 0 radical (unpaired) electrons. The van der Waals surface area contributed by atoms with Crippen LogP contribution < -0.4 is 0 Å². The van der Waals surface area contributed by atoms with Crippen LogP contribution in [-0.2, 0) is 27.9 Å². The highest BCUT2D eigenvalue weighted by Gasteiger charge is 2.51. The number of phosphoric acid groups is 1. The quantitative estimate of drug-likeness (QED) is 0.0148. The third-order valence-electron chi connectivity index (χ3n) is 11.1. The molecule has 0 aliphatic heterocycles. The molecule has 1 rings (SSSR count). The smallest absolute Gasteiger partial charge is 0.457 e. The molecule has 1 aliphatic carbocycles. The van der Waals surface area contributed by atoms with E-state index in [1.165, 1.54) is 141 Å². The summed E-state index contributed by atoms with van der Waals surface area (Å²) in [6, 6.07) is 0. The largest absolute Gasteiger partial charge is 0.472 e. The Morgan fingerprint density at radius 2 is 0.914 bits per heavy atom. The van der Waals surface area contributed by atoms with Crippen molar-refractivity contribution in [3.8, 4) is 0 Å². The summed E-state index contributed by atoms with van der Waals surface area (Å²) in [4.78, 5) is 23.1. The van der Waals surface area contributed by atoms with Gasteiger partial charge in [-0.3, -0.25) is 13.8 Å². The Balaban J connectivity index is 2.37. The molecule has 0 aromatic carbocycles. The highest BCUT2D eigenvalue weighted by atomic mass is 31.2. The Labute approximate surface area is 352 Å². The molecular weight excluding hydrogens is 763 g/mol. The molecule has 0 heterocycles. The van der Waals surface area contributed by atoms with Gasteiger partial charge in [0.15, 0.2) is 0 Å². The average molecular weight is 851 g/mol. The lowest BCUT2D eigenvalue weighted by Gasteiger charge is -2.41. The highest BCUT2D eigenvalue weighted by molar-refractivity contribution is 7.47. The van der Waals surface area contributed by atoms with Crippen LogP contribution in [0.4, 0.5) is 0 Å². The van der Waals surface area contributed by atoms with Gasteiger partial charge in [-0.2, -0.15) is 0 Å².